The largest absolute Gasteiger partial charge is 0.310 e. The minimum absolute atomic E-state index is 0.000811. The van der Waals surface area contributed by atoms with E-state index in [4.69, 9.17) is 11.6 Å². The summed E-state index contributed by atoms with van der Waals surface area (Å²) in [6.45, 7) is 0.0181. The molecule has 2 aliphatic rings. The maximum Gasteiger partial charge on any atom is 0.261 e. The number of hydrogen-bond donors (Lipinski definition) is 1. The third-order valence-corrected chi connectivity index (χ3v) is 6.54. The topological polar surface area (TPSA) is 84.3 Å². The van der Waals surface area contributed by atoms with Crippen molar-refractivity contribution >= 4 is 46.9 Å². The Hall–Kier alpha value is -3.10. The van der Waals surface area contributed by atoms with E-state index >= 15 is 0 Å². The van der Waals surface area contributed by atoms with Crippen molar-refractivity contribution in [2.24, 2.45) is 0 Å². The van der Waals surface area contributed by atoms with Crippen molar-refractivity contribution in [1.82, 2.24) is 14.7 Å². The van der Waals surface area contributed by atoms with Crippen molar-refractivity contribution < 1.29 is 14.4 Å². The van der Waals surface area contributed by atoms with Gasteiger partial charge in [-0.05, 0) is 36.4 Å². The third-order valence-electron chi connectivity index (χ3n) is 5.32. The highest BCUT2D eigenvalue weighted by Gasteiger charge is 2.35. The molecule has 5 rings (SSSR count). The van der Waals surface area contributed by atoms with Gasteiger partial charge in [0.05, 0.1) is 22.5 Å². The van der Waals surface area contributed by atoms with Crippen molar-refractivity contribution in [2.75, 3.05) is 11.9 Å². The Morgan fingerprint density at radius 1 is 1.03 bits per heavy atom. The zero-order valence-electron chi connectivity index (χ0n) is 16.3. The molecule has 156 valence electrons. The number of nitrogens with one attached hydrogen (secondary N) is 1. The smallest absolute Gasteiger partial charge is 0.261 e. The normalized spacial score (nSPS) is 14.7. The van der Waals surface area contributed by atoms with Crippen LogP contribution in [0.1, 0.15) is 38.4 Å². The van der Waals surface area contributed by atoms with Crippen LogP contribution in [0.25, 0.3) is 5.69 Å². The lowest BCUT2D eigenvalue weighted by molar-refractivity contribution is -0.116. The second-order valence-electron chi connectivity index (χ2n) is 7.26. The molecule has 0 unspecified atom stereocenters. The monoisotopic (exact) mass is 452 g/mol. The van der Waals surface area contributed by atoms with Crippen molar-refractivity contribution in [2.45, 2.75) is 17.9 Å². The Labute approximate surface area is 187 Å². The van der Waals surface area contributed by atoms with E-state index in [1.54, 1.807) is 52.8 Å². The van der Waals surface area contributed by atoms with Crippen LogP contribution in [0.2, 0.25) is 5.02 Å². The van der Waals surface area contributed by atoms with E-state index in [9.17, 15) is 14.4 Å². The second-order valence-corrected chi connectivity index (χ2v) is 8.68. The molecule has 0 bridgehead atoms. The number of imide groups is 1. The van der Waals surface area contributed by atoms with Crippen molar-refractivity contribution in [3.05, 3.63) is 75.9 Å². The first kappa shape index (κ1) is 19.8. The van der Waals surface area contributed by atoms with Crippen LogP contribution in [0.3, 0.4) is 0 Å². The lowest BCUT2D eigenvalue weighted by Gasteiger charge is -2.15. The van der Waals surface area contributed by atoms with E-state index in [0.29, 0.717) is 22.0 Å². The summed E-state index contributed by atoms with van der Waals surface area (Å²) in [5.74, 6) is 1.15. The van der Waals surface area contributed by atoms with Crippen molar-refractivity contribution in [1.29, 1.82) is 0 Å². The van der Waals surface area contributed by atoms with E-state index in [-0.39, 0.29) is 30.7 Å². The van der Waals surface area contributed by atoms with Crippen LogP contribution in [0.4, 0.5) is 5.82 Å². The highest BCUT2D eigenvalue weighted by Crippen LogP contribution is 2.36. The van der Waals surface area contributed by atoms with Crippen LogP contribution in [0.15, 0.2) is 48.5 Å². The number of amides is 3. The predicted octanol–water partition coefficient (Wildman–Crippen LogP) is 3.90. The standard InChI is InChI=1S/C22H17ClN4O3S/c23-13-5-7-14(8-6-13)27-20(17-11-31-12-18(17)25-27)24-19(28)9-10-26-21(29)15-3-1-2-4-16(15)22(26)30/h1-8H,9-12H2,(H,24,28). The van der Waals surface area contributed by atoms with E-state index in [0.717, 1.165) is 33.4 Å². The molecule has 3 aromatic rings. The number of carbonyl (C=O) groups excluding carboxylic acids is 3. The van der Waals surface area contributed by atoms with Gasteiger partial charge in [-0.1, -0.05) is 23.7 Å². The molecule has 1 aromatic heterocycles. The Balaban J connectivity index is 1.33. The fourth-order valence-corrected chi connectivity index (χ4v) is 4.92. The molecule has 1 N–H and O–H groups in total. The molecule has 0 saturated heterocycles. The highest BCUT2D eigenvalue weighted by atomic mass is 35.5. The summed E-state index contributed by atoms with van der Waals surface area (Å²) < 4.78 is 1.71. The fraction of sp³-hybridized carbons (Fsp3) is 0.182. The van der Waals surface area contributed by atoms with Gasteiger partial charge in [-0.3, -0.25) is 19.3 Å². The number of thioether (sulfide) groups is 1. The first-order valence-electron chi connectivity index (χ1n) is 9.72. The minimum atomic E-state index is -0.364. The lowest BCUT2D eigenvalue weighted by atomic mass is 10.1. The number of benzene rings is 2. The van der Waals surface area contributed by atoms with E-state index in [1.165, 1.54) is 0 Å². The first-order chi connectivity index (χ1) is 15.0. The van der Waals surface area contributed by atoms with Crippen LogP contribution in [0.5, 0.6) is 0 Å². The van der Waals surface area contributed by atoms with Gasteiger partial charge in [-0.15, -0.1) is 0 Å². The summed E-state index contributed by atoms with van der Waals surface area (Å²) in [6, 6.07) is 13.9. The number of halogens is 1. The van der Waals surface area contributed by atoms with Gasteiger partial charge in [-0.2, -0.15) is 16.9 Å². The molecule has 0 saturated carbocycles. The average molecular weight is 453 g/mol. The molecular weight excluding hydrogens is 436 g/mol. The number of carbonyl (C=O) groups is 3. The van der Waals surface area contributed by atoms with E-state index < -0.39 is 0 Å². The number of hydrogen-bond acceptors (Lipinski definition) is 5. The number of aromatic nitrogens is 2. The molecule has 0 fully saturated rings. The van der Waals surface area contributed by atoms with Gasteiger partial charge in [0.1, 0.15) is 5.82 Å². The molecule has 0 aliphatic carbocycles. The SMILES string of the molecule is O=C(CCN1C(=O)c2ccccc2C1=O)Nc1c2c(nn1-c1ccc(Cl)cc1)CSC2. The van der Waals surface area contributed by atoms with Crippen molar-refractivity contribution in [3.8, 4) is 5.69 Å². The predicted molar refractivity (Wildman–Crippen MR) is 119 cm³/mol. The maximum atomic E-state index is 12.8. The Kier molecular flexibility index (Phi) is 5.03. The van der Waals surface area contributed by atoms with E-state index in [1.807, 2.05) is 12.1 Å². The summed E-state index contributed by atoms with van der Waals surface area (Å²) in [5, 5.41) is 8.21. The summed E-state index contributed by atoms with van der Waals surface area (Å²) in [4.78, 5) is 38.9. The quantitative estimate of drug-likeness (QED) is 0.593. The first-order valence-corrected chi connectivity index (χ1v) is 11.3. The lowest BCUT2D eigenvalue weighted by Crippen LogP contribution is -2.33. The molecule has 2 aliphatic heterocycles. The van der Waals surface area contributed by atoms with Gasteiger partial charge in [0, 0.05) is 35.1 Å². The van der Waals surface area contributed by atoms with Crippen LogP contribution >= 0.6 is 23.4 Å². The number of rotatable bonds is 5. The van der Waals surface area contributed by atoms with Gasteiger partial charge < -0.3 is 5.32 Å². The number of anilines is 1. The molecule has 0 atom stereocenters. The second kappa shape index (κ2) is 7.86. The Morgan fingerprint density at radius 2 is 1.71 bits per heavy atom. The maximum absolute atomic E-state index is 12.8. The van der Waals surface area contributed by atoms with Crippen LogP contribution in [-0.2, 0) is 16.3 Å². The Bertz CT molecular complexity index is 1190. The summed E-state index contributed by atoms with van der Waals surface area (Å²) in [5.41, 5.74) is 3.48. The number of nitrogens with zero attached hydrogens (tertiary/aromatic N) is 3. The fourth-order valence-electron chi connectivity index (χ4n) is 3.76. The molecule has 3 heterocycles. The van der Waals surface area contributed by atoms with Gasteiger partial charge in [0.25, 0.3) is 11.8 Å². The molecule has 0 spiro atoms. The molecule has 0 radical (unpaired) electrons. The minimum Gasteiger partial charge on any atom is -0.310 e. The zero-order valence-corrected chi connectivity index (χ0v) is 17.9. The van der Waals surface area contributed by atoms with Crippen LogP contribution in [0, 0.1) is 0 Å². The molecule has 31 heavy (non-hydrogen) atoms. The van der Waals surface area contributed by atoms with Gasteiger partial charge in [0.15, 0.2) is 0 Å². The molecular formula is C22H17ClN4O3S. The van der Waals surface area contributed by atoms with Crippen molar-refractivity contribution in [3.63, 3.8) is 0 Å². The van der Waals surface area contributed by atoms with Crippen LogP contribution < -0.4 is 5.32 Å². The van der Waals surface area contributed by atoms with Gasteiger partial charge in [-0.25, -0.2) is 4.68 Å². The third kappa shape index (κ3) is 3.51. The zero-order chi connectivity index (χ0) is 21.5. The van der Waals surface area contributed by atoms with Gasteiger partial charge >= 0.3 is 0 Å². The average Bonchev–Trinajstić information content (AvgIpc) is 3.42. The molecule has 3 amide bonds. The Morgan fingerprint density at radius 3 is 2.39 bits per heavy atom. The van der Waals surface area contributed by atoms with Crippen LogP contribution in [-0.4, -0.2) is 38.9 Å². The number of fused-ring (bicyclic) bond motifs is 2. The highest BCUT2D eigenvalue weighted by molar-refractivity contribution is 7.98. The van der Waals surface area contributed by atoms with Gasteiger partial charge in [0.2, 0.25) is 5.91 Å². The van der Waals surface area contributed by atoms with E-state index in [2.05, 4.69) is 10.4 Å². The summed E-state index contributed by atoms with van der Waals surface area (Å²) in [6.07, 6.45) is -0.000811. The molecule has 9 heteroatoms. The molecule has 7 nitrogen and oxygen atoms in total. The summed E-state index contributed by atoms with van der Waals surface area (Å²) >= 11 is 7.73. The summed E-state index contributed by atoms with van der Waals surface area (Å²) in [7, 11) is 0. The molecule has 2 aromatic carbocycles.